The largest absolute Gasteiger partial charge is 0.329 e. The van der Waals surface area contributed by atoms with Crippen LogP contribution in [0.25, 0.3) is 22.4 Å². The van der Waals surface area contributed by atoms with E-state index >= 15 is 0 Å². The number of aromatic nitrogens is 4. The minimum Gasteiger partial charge on any atom is -0.281 e. The SMILES string of the molecule is Cn1c(=O)[nH]c(=O)c2cnc(-c3ccccc3)nc21. The number of nitrogens with one attached hydrogen (secondary N) is 1. The van der Waals surface area contributed by atoms with Crippen LogP contribution in [0.1, 0.15) is 0 Å². The molecule has 0 saturated carbocycles. The van der Waals surface area contributed by atoms with E-state index in [-0.39, 0.29) is 0 Å². The molecule has 0 saturated heterocycles. The molecular formula is C13H10N4O2. The summed E-state index contributed by atoms with van der Waals surface area (Å²) in [6, 6.07) is 9.38. The van der Waals surface area contributed by atoms with Crippen LogP contribution in [-0.4, -0.2) is 19.5 Å². The highest BCUT2D eigenvalue weighted by molar-refractivity contribution is 5.75. The van der Waals surface area contributed by atoms with Crippen LogP contribution < -0.4 is 11.2 Å². The van der Waals surface area contributed by atoms with Crippen molar-refractivity contribution in [2.75, 3.05) is 0 Å². The van der Waals surface area contributed by atoms with E-state index in [0.717, 1.165) is 5.56 Å². The lowest BCUT2D eigenvalue weighted by atomic mass is 10.2. The standard InChI is InChI=1S/C13H10N4O2/c1-17-11-9(12(18)16-13(17)19)7-14-10(15-11)8-5-3-2-4-6-8/h2-7H,1H3,(H,16,18,19). The number of rotatable bonds is 1. The van der Waals surface area contributed by atoms with Crippen molar-refractivity contribution < 1.29 is 0 Å². The third kappa shape index (κ3) is 1.83. The predicted octanol–water partition coefficient (Wildman–Crippen LogP) is 0.684. The molecule has 0 spiro atoms. The second-order valence-corrected chi connectivity index (χ2v) is 4.12. The summed E-state index contributed by atoms with van der Waals surface area (Å²) in [4.78, 5) is 33.9. The van der Waals surface area contributed by atoms with E-state index in [1.54, 1.807) is 7.05 Å². The summed E-state index contributed by atoms with van der Waals surface area (Å²) in [6.07, 6.45) is 1.43. The van der Waals surface area contributed by atoms with Gasteiger partial charge in [0.15, 0.2) is 11.5 Å². The topological polar surface area (TPSA) is 80.6 Å². The van der Waals surface area contributed by atoms with Crippen molar-refractivity contribution in [1.82, 2.24) is 19.5 Å². The molecule has 0 amide bonds. The van der Waals surface area contributed by atoms with Crippen molar-refractivity contribution in [2.24, 2.45) is 7.05 Å². The second kappa shape index (κ2) is 4.16. The van der Waals surface area contributed by atoms with Crippen LogP contribution in [0, 0.1) is 0 Å². The van der Waals surface area contributed by atoms with Gasteiger partial charge >= 0.3 is 5.69 Å². The average molecular weight is 254 g/mol. The Morgan fingerprint density at radius 2 is 1.89 bits per heavy atom. The summed E-state index contributed by atoms with van der Waals surface area (Å²) in [5.74, 6) is 0.480. The zero-order valence-corrected chi connectivity index (χ0v) is 10.1. The monoisotopic (exact) mass is 254 g/mol. The van der Waals surface area contributed by atoms with E-state index in [0.29, 0.717) is 16.9 Å². The van der Waals surface area contributed by atoms with Crippen molar-refractivity contribution >= 4 is 11.0 Å². The predicted molar refractivity (Wildman–Crippen MR) is 70.8 cm³/mol. The molecule has 94 valence electrons. The fourth-order valence-corrected chi connectivity index (χ4v) is 1.86. The molecule has 3 rings (SSSR count). The second-order valence-electron chi connectivity index (χ2n) is 4.12. The number of nitrogens with zero attached hydrogens (tertiary/aromatic N) is 3. The molecule has 0 aliphatic heterocycles. The summed E-state index contributed by atoms with van der Waals surface area (Å²) < 4.78 is 1.30. The zero-order chi connectivity index (χ0) is 13.4. The first-order valence-corrected chi connectivity index (χ1v) is 5.68. The Labute approximate surface area is 107 Å². The third-order valence-electron chi connectivity index (χ3n) is 2.89. The minimum absolute atomic E-state index is 0.293. The van der Waals surface area contributed by atoms with E-state index in [4.69, 9.17) is 0 Å². The molecule has 6 heteroatoms. The lowest BCUT2D eigenvalue weighted by molar-refractivity contribution is 0.826. The number of fused-ring (bicyclic) bond motifs is 1. The molecule has 0 aliphatic carbocycles. The highest BCUT2D eigenvalue weighted by Crippen LogP contribution is 2.15. The third-order valence-corrected chi connectivity index (χ3v) is 2.89. The van der Waals surface area contributed by atoms with Gasteiger partial charge in [-0.25, -0.2) is 14.8 Å². The van der Waals surface area contributed by atoms with Crippen LogP contribution in [0.2, 0.25) is 0 Å². The lowest BCUT2D eigenvalue weighted by Crippen LogP contribution is -2.29. The molecule has 2 heterocycles. The molecular weight excluding hydrogens is 244 g/mol. The average Bonchev–Trinajstić information content (AvgIpc) is 2.45. The van der Waals surface area contributed by atoms with Gasteiger partial charge in [-0.2, -0.15) is 0 Å². The highest BCUT2D eigenvalue weighted by Gasteiger charge is 2.08. The molecule has 0 unspecified atom stereocenters. The van der Waals surface area contributed by atoms with Crippen LogP contribution in [0.4, 0.5) is 0 Å². The van der Waals surface area contributed by atoms with Gasteiger partial charge in [0, 0.05) is 18.8 Å². The Bertz CT molecular complexity index is 865. The maximum Gasteiger partial charge on any atom is 0.329 e. The highest BCUT2D eigenvalue weighted by atomic mass is 16.2. The molecule has 2 aromatic heterocycles. The first-order valence-electron chi connectivity index (χ1n) is 5.68. The number of hydrogen-bond acceptors (Lipinski definition) is 4. The Morgan fingerprint density at radius 3 is 2.63 bits per heavy atom. The molecule has 0 fully saturated rings. The van der Waals surface area contributed by atoms with Gasteiger partial charge in [0.2, 0.25) is 0 Å². The van der Waals surface area contributed by atoms with Crippen LogP contribution in [-0.2, 0) is 7.05 Å². The van der Waals surface area contributed by atoms with Crippen LogP contribution in [0.3, 0.4) is 0 Å². The Hall–Kier alpha value is -2.76. The van der Waals surface area contributed by atoms with E-state index in [1.165, 1.54) is 10.8 Å². The maximum absolute atomic E-state index is 11.7. The van der Waals surface area contributed by atoms with Gasteiger partial charge in [0.05, 0.1) is 0 Å². The first-order chi connectivity index (χ1) is 9.16. The Balaban J connectivity index is 2.36. The molecule has 0 aliphatic rings. The molecule has 19 heavy (non-hydrogen) atoms. The fourth-order valence-electron chi connectivity index (χ4n) is 1.86. The summed E-state index contributed by atoms with van der Waals surface area (Å²) in [7, 11) is 1.56. The van der Waals surface area contributed by atoms with Crippen molar-refractivity contribution in [3.8, 4) is 11.4 Å². The fraction of sp³-hybridized carbons (Fsp3) is 0.0769. The van der Waals surface area contributed by atoms with Gasteiger partial charge in [-0.15, -0.1) is 0 Å². The quantitative estimate of drug-likeness (QED) is 0.692. The minimum atomic E-state index is -0.491. The summed E-state index contributed by atoms with van der Waals surface area (Å²) >= 11 is 0. The summed E-state index contributed by atoms with van der Waals surface area (Å²) in [5, 5.41) is 0.293. The van der Waals surface area contributed by atoms with Gasteiger partial charge in [0.1, 0.15) is 5.39 Å². The smallest absolute Gasteiger partial charge is 0.281 e. The van der Waals surface area contributed by atoms with Crippen LogP contribution in [0.15, 0.2) is 46.1 Å². The van der Waals surface area contributed by atoms with Gasteiger partial charge in [0.25, 0.3) is 5.56 Å². The molecule has 6 nitrogen and oxygen atoms in total. The zero-order valence-electron chi connectivity index (χ0n) is 10.1. The Kier molecular flexibility index (Phi) is 2.49. The van der Waals surface area contributed by atoms with Crippen molar-refractivity contribution in [3.63, 3.8) is 0 Å². The van der Waals surface area contributed by atoms with E-state index in [1.807, 2.05) is 30.3 Å². The summed E-state index contributed by atoms with van der Waals surface area (Å²) in [5.41, 5.74) is 0.188. The number of aromatic amines is 1. The molecule has 0 radical (unpaired) electrons. The van der Waals surface area contributed by atoms with E-state index in [9.17, 15) is 9.59 Å². The van der Waals surface area contributed by atoms with Crippen LogP contribution >= 0.6 is 0 Å². The molecule has 1 aromatic carbocycles. The van der Waals surface area contributed by atoms with Crippen molar-refractivity contribution in [2.45, 2.75) is 0 Å². The van der Waals surface area contributed by atoms with Crippen LogP contribution in [0.5, 0.6) is 0 Å². The molecule has 3 aromatic rings. The Morgan fingerprint density at radius 1 is 1.16 bits per heavy atom. The molecule has 1 N–H and O–H groups in total. The van der Waals surface area contributed by atoms with Gasteiger partial charge in [-0.3, -0.25) is 14.3 Å². The summed E-state index contributed by atoms with van der Waals surface area (Å²) in [6.45, 7) is 0. The number of aryl methyl sites for hydroxylation is 1. The first kappa shape index (κ1) is 11.3. The molecule has 0 bridgehead atoms. The number of benzene rings is 1. The van der Waals surface area contributed by atoms with Gasteiger partial charge in [-0.05, 0) is 0 Å². The van der Waals surface area contributed by atoms with Gasteiger partial charge in [-0.1, -0.05) is 30.3 Å². The van der Waals surface area contributed by atoms with E-state index < -0.39 is 11.2 Å². The van der Waals surface area contributed by atoms with Gasteiger partial charge < -0.3 is 0 Å². The molecule has 0 atom stereocenters. The van der Waals surface area contributed by atoms with Crippen molar-refractivity contribution in [1.29, 1.82) is 0 Å². The maximum atomic E-state index is 11.7. The van der Waals surface area contributed by atoms with E-state index in [2.05, 4.69) is 15.0 Å². The lowest BCUT2D eigenvalue weighted by Gasteiger charge is -2.04. The number of H-pyrrole nitrogens is 1. The normalized spacial score (nSPS) is 10.8. The van der Waals surface area contributed by atoms with Crippen molar-refractivity contribution in [3.05, 3.63) is 57.4 Å². The number of hydrogen-bond donors (Lipinski definition) is 1.